The Labute approximate surface area is 130 Å². The first kappa shape index (κ1) is 15.9. The molecule has 1 aromatic rings. The van der Waals surface area contributed by atoms with Gasteiger partial charge in [0.1, 0.15) is 0 Å². The van der Waals surface area contributed by atoms with Crippen LogP contribution in [0, 0.1) is 0 Å². The van der Waals surface area contributed by atoms with Crippen molar-refractivity contribution in [2.75, 3.05) is 30.7 Å². The maximum Gasteiger partial charge on any atom is 0.224 e. The van der Waals surface area contributed by atoms with Crippen LogP contribution < -0.4 is 11.1 Å². The van der Waals surface area contributed by atoms with Crippen LogP contribution >= 0.6 is 11.6 Å². The van der Waals surface area contributed by atoms with E-state index in [1.54, 1.807) is 18.2 Å². The number of nitrogens with one attached hydrogen (secondary N) is 1. The fourth-order valence-electron chi connectivity index (χ4n) is 2.32. The highest BCUT2D eigenvalue weighted by molar-refractivity contribution is 6.34. The van der Waals surface area contributed by atoms with Crippen LogP contribution in [0.5, 0.6) is 0 Å². The molecule has 2 rings (SSSR count). The summed E-state index contributed by atoms with van der Waals surface area (Å²) in [5.41, 5.74) is 8.29. The van der Waals surface area contributed by atoms with E-state index < -0.39 is 0 Å². The van der Waals surface area contributed by atoms with Gasteiger partial charge in [-0.3, -0.25) is 9.69 Å². The molecular formula is C16H22ClN3O. The molecule has 0 saturated heterocycles. The molecule has 0 atom stereocenters. The Balaban J connectivity index is 1.72. The molecule has 0 aliphatic carbocycles. The van der Waals surface area contributed by atoms with E-state index >= 15 is 0 Å². The largest absolute Gasteiger partial charge is 0.399 e. The van der Waals surface area contributed by atoms with Crippen LogP contribution in [-0.2, 0) is 4.79 Å². The average Bonchev–Trinajstić information content (AvgIpc) is 2.44. The summed E-state index contributed by atoms with van der Waals surface area (Å²) in [6, 6.07) is 5.09. The summed E-state index contributed by atoms with van der Waals surface area (Å²) in [6.07, 6.45) is 4.75. The first-order chi connectivity index (χ1) is 10.0. The fourth-order valence-corrected chi connectivity index (χ4v) is 2.56. The Bertz CT molecular complexity index is 542. The highest BCUT2D eigenvalue weighted by atomic mass is 35.5. The zero-order valence-electron chi connectivity index (χ0n) is 12.4. The number of carbonyl (C=O) groups is 1. The van der Waals surface area contributed by atoms with E-state index in [0.29, 0.717) is 22.8 Å². The Morgan fingerprint density at radius 1 is 1.48 bits per heavy atom. The molecule has 21 heavy (non-hydrogen) atoms. The lowest BCUT2D eigenvalue weighted by molar-refractivity contribution is -0.116. The van der Waals surface area contributed by atoms with Gasteiger partial charge in [-0.1, -0.05) is 23.3 Å². The van der Waals surface area contributed by atoms with Crippen molar-refractivity contribution in [3.63, 3.8) is 0 Å². The minimum absolute atomic E-state index is 0.00889. The fraction of sp³-hybridized carbons (Fsp3) is 0.438. The van der Waals surface area contributed by atoms with Crippen molar-refractivity contribution in [1.29, 1.82) is 0 Å². The third-order valence-corrected chi connectivity index (χ3v) is 3.98. The Hall–Kier alpha value is -1.52. The highest BCUT2D eigenvalue weighted by Crippen LogP contribution is 2.24. The standard InChI is InChI=1S/C16H22ClN3O/c1-12-6-9-20(10-7-12)8-2-3-16(21)19-15-5-4-13(18)11-14(15)17/h4-6,11H,2-3,7-10,18H2,1H3,(H,19,21). The third-order valence-electron chi connectivity index (χ3n) is 3.67. The first-order valence-electron chi connectivity index (χ1n) is 7.27. The number of hydrogen-bond donors (Lipinski definition) is 2. The average molecular weight is 308 g/mol. The summed E-state index contributed by atoms with van der Waals surface area (Å²) in [6.45, 7) is 5.21. The van der Waals surface area contributed by atoms with E-state index in [1.165, 1.54) is 5.57 Å². The van der Waals surface area contributed by atoms with Crippen LogP contribution in [0.1, 0.15) is 26.2 Å². The normalized spacial score (nSPS) is 15.6. The molecule has 0 bridgehead atoms. The van der Waals surface area contributed by atoms with Crippen LogP contribution in [0.4, 0.5) is 11.4 Å². The molecule has 1 aliphatic rings. The number of nitrogens with zero attached hydrogens (tertiary/aromatic N) is 1. The van der Waals surface area contributed by atoms with Crippen molar-refractivity contribution in [3.05, 3.63) is 34.9 Å². The summed E-state index contributed by atoms with van der Waals surface area (Å²) < 4.78 is 0. The summed E-state index contributed by atoms with van der Waals surface area (Å²) in [4.78, 5) is 14.3. The van der Waals surface area contributed by atoms with Gasteiger partial charge in [-0.2, -0.15) is 0 Å². The summed E-state index contributed by atoms with van der Waals surface area (Å²) >= 11 is 6.03. The molecule has 114 valence electrons. The minimum Gasteiger partial charge on any atom is -0.399 e. The molecule has 1 aromatic carbocycles. The lowest BCUT2D eigenvalue weighted by Gasteiger charge is -2.24. The van der Waals surface area contributed by atoms with E-state index in [4.69, 9.17) is 17.3 Å². The SMILES string of the molecule is CC1=CCN(CCCC(=O)Nc2ccc(N)cc2Cl)CC1. The highest BCUT2D eigenvalue weighted by Gasteiger charge is 2.10. The van der Waals surface area contributed by atoms with Crippen molar-refractivity contribution in [2.24, 2.45) is 0 Å². The lowest BCUT2D eigenvalue weighted by Crippen LogP contribution is -2.30. The van der Waals surface area contributed by atoms with E-state index in [0.717, 1.165) is 32.5 Å². The topological polar surface area (TPSA) is 58.4 Å². The van der Waals surface area contributed by atoms with E-state index in [9.17, 15) is 4.79 Å². The van der Waals surface area contributed by atoms with Gasteiger partial charge in [0.15, 0.2) is 0 Å². The predicted molar refractivity (Wildman–Crippen MR) is 88.5 cm³/mol. The quantitative estimate of drug-likeness (QED) is 0.648. The summed E-state index contributed by atoms with van der Waals surface area (Å²) in [5, 5.41) is 3.30. The lowest BCUT2D eigenvalue weighted by atomic mass is 10.1. The second-order valence-electron chi connectivity index (χ2n) is 5.49. The smallest absolute Gasteiger partial charge is 0.224 e. The number of hydrogen-bond acceptors (Lipinski definition) is 3. The van der Waals surface area contributed by atoms with Gasteiger partial charge in [0, 0.05) is 25.2 Å². The molecule has 4 nitrogen and oxygen atoms in total. The van der Waals surface area contributed by atoms with Gasteiger partial charge in [-0.15, -0.1) is 0 Å². The number of benzene rings is 1. The number of nitrogen functional groups attached to an aromatic ring is 1. The molecule has 5 heteroatoms. The van der Waals surface area contributed by atoms with Gasteiger partial charge >= 0.3 is 0 Å². The van der Waals surface area contributed by atoms with Gasteiger partial charge in [0.05, 0.1) is 10.7 Å². The number of anilines is 2. The minimum atomic E-state index is -0.00889. The van der Waals surface area contributed by atoms with Gasteiger partial charge in [0.25, 0.3) is 0 Å². The zero-order chi connectivity index (χ0) is 15.2. The summed E-state index contributed by atoms with van der Waals surface area (Å²) in [7, 11) is 0. The van der Waals surface area contributed by atoms with Crippen molar-refractivity contribution >= 4 is 28.9 Å². The van der Waals surface area contributed by atoms with Crippen molar-refractivity contribution in [2.45, 2.75) is 26.2 Å². The molecule has 0 fully saturated rings. The van der Waals surface area contributed by atoms with E-state index in [2.05, 4.69) is 23.2 Å². The monoisotopic (exact) mass is 307 g/mol. The zero-order valence-corrected chi connectivity index (χ0v) is 13.1. The van der Waals surface area contributed by atoms with Crippen molar-refractivity contribution in [3.8, 4) is 0 Å². The van der Waals surface area contributed by atoms with E-state index in [1.807, 2.05) is 0 Å². The first-order valence-corrected chi connectivity index (χ1v) is 7.65. The third kappa shape index (κ3) is 5.06. The molecule has 0 aromatic heterocycles. The molecule has 1 aliphatic heterocycles. The van der Waals surface area contributed by atoms with Crippen LogP contribution in [0.25, 0.3) is 0 Å². The van der Waals surface area contributed by atoms with Gasteiger partial charge < -0.3 is 11.1 Å². The second kappa shape index (κ2) is 7.48. The molecule has 0 unspecified atom stereocenters. The molecule has 0 spiro atoms. The van der Waals surface area contributed by atoms with Crippen molar-refractivity contribution in [1.82, 2.24) is 4.90 Å². The van der Waals surface area contributed by atoms with Crippen LogP contribution in [0.2, 0.25) is 5.02 Å². The second-order valence-corrected chi connectivity index (χ2v) is 5.90. The Morgan fingerprint density at radius 2 is 2.29 bits per heavy atom. The molecule has 3 N–H and O–H groups in total. The molecule has 1 heterocycles. The maximum atomic E-state index is 11.9. The Morgan fingerprint density at radius 3 is 2.95 bits per heavy atom. The molecule has 0 saturated carbocycles. The molecule has 0 radical (unpaired) electrons. The van der Waals surface area contributed by atoms with Crippen LogP contribution in [0.15, 0.2) is 29.8 Å². The van der Waals surface area contributed by atoms with Gasteiger partial charge in [0.2, 0.25) is 5.91 Å². The predicted octanol–water partition coefficient (Wildman–Crippen LogP) is 3.29. The molecule has 1 amide bonds. The van der Waals surface area contributed by atoms with Crippen LogP contribution in [0.3, 0.4) is 0 Å². The summed E-state index contributed by atoms with van der Waals surface area (Å²) in [5.74, 6) is -0.00889. The van der Waals surface area contributed by atoms with Gasteiger partial charge in [-0.25, -0.2) is 0 Å². The number of halogens is 1. The van der Waals surface area contributed by atoms with Crippen LogP contribution in [-0.4, -0.2) is 30.4 Å². The Kier molecular flexibility index (Phi) is 5.65. The van der Waals surface area contributed by atoms with Crippen molar-refractivity contribution < 1.29 is 4.79 Å². The molecular weight excluding hydrogens is 286 g/mol. The number of amides is 1. The number of carbonyl (C=O) groups excluding carboxylic acids is 1. The van der Waals surface area contributed by atoms with E-state index in [-0.39, 0.29) is 5.91 Å². The van der Waals surface area contributed by atoms with Gasteiger partial charge in [-0.05, 0) is 44.5 Å². The maximum absolute atomic E-state index is 11.9. The number of rotatable bonds is 5. The number of nitrogens with two attached hydrogens (primary N) is 1.